The van der Waals surface area contributed by atoms with Crippen LogP contribution in [0, 0.1) is 11.2 Å². The van der Waals surface area contributed by atoms with Gasteiger partial charge in [-0.2, -0.15) is 8.78 Å². The minimum Gasteiger partial charge on any atom is -0.434 e. The van der Waals surface area contributed by atoms with E-state index in [0.717, 1.165) is 6.07 Å². The minimum atomic E-state index is -3.00. The van der Waals surface area contributed by atoms with E-state index in [1.165, 1.54) is 12.1 Å². The zero-order chi connectivity index (χ0) is 16.0. The van der Waals surface area contributed by atoms with Crippen molar-refractivity contribution in [3.8, 4) is 5.75 Å². The van der Waals surface area contributed by atoms with Crippen LogP contribution in [0.4, 0.5) is 13.2 Å². The molecule has 0 aliphatic rings. The Morgan fingerprint density at radius 3 is 2.57 bits per heavy atom. The number of alkyl halides is 2. The van der Waals surface area contributed by atoms with E-state index in [0.29, 0.717) is 18.5 Å². The molecule has 2 N–H and O–H groups in total. The van der Waals surface area contributed by atoms with Crippen molar-refractivity contribution in [2.24, 2.45) is 5.41 Å². The normalized spacial score (nSPS) is 13.5. The molecule has 0 heterocycles. The first-order valence-electron chi connectivity index (χ1n) is 6.83. The Morgan fingerprint density at radius 2 is 2.00 bits per heavy atom. The Morgan fingerprint density at radius 1 is 1.33 bits per heavy atom. The van der Waals surface area contributed by atoms with E-state index >= 15 is 0 Å². The van der Waals surface area contributed by atoms with Gasteiger partial charge in [-0.15, -0.1) is 0 Å². The molecule has 6 heteroatoms. The number of aliphatic hydroxyl groups excluding tert-OH is 1. The summed E-state index contributed by atoms with van der Waals surface area (Å²) in [6, 6.07) is 3.32. The molecule has 0 aliphatic carbocycles. The number of ether oxygens (including phenoxy) is 1. The summed E-state index contributed by atoms with van der Waals surface area (Å²) in [5.41, 5.74) is 0.337. The fourth-order valence-corrected chi connectivity index (χ4v) is 1.99. The van der Waals surface area contributed by atoms with Gasteiger partial charge < -0.3 is 15.2 Å². The van der Waals surface area contributed by atoms with Gasteiger partial charge in [-0.25, -0.2) is 4.39 Å². The number of hydrogen-bond acceptors (Lipinski definition) is 3. The molecule has 3 nitrogen and oxygen atoms in total. The molecular formula is C15H22F3NO2. The summed E-state index contributed by atoms with van der Waals surface area (Å²) in [6.07, 6.45) is 0.622. The van der Waals surface area contributed by atoms with Crippen LogP contribution >= 0.6 is 0 Å². The third-order valence-electron chi connectivity index (χ3n) is 3.33. The standard InChI is InChI=1S/C15H22F3NO2/c1-10(19-9-15(2,3)6-7-20)12-5-4-11(16)8-13(12)21-14(17)18/h4-5,8,10,14,19-20H,6-7,9H2,1-3H3. The van der Waals surface area contributed by atoms with Gasteiger partial charge in [0.25, 0.3) is 0 Å². The van der Waals surface area contributed by atoms with Crippen LogP contribution in [0.25, 0.3) is 0 Å². The Hall–Kier alpha value is -1.27. The average Bonchev–Trinajstić information content (AvgIpc) is 2.35. The SMILES string of the molecule is CC(NCC(C)(C)CCO)c1ccc(F)cc1OC(F)F. The second kappa shape index (κ2) is 7.66. The molecule has 0 spiro atoms. The van der Waals surface area contributed by atoms with Crippen molar-refractivity contribution in [3.05, 3.63) is 29.6 Å². The second-order valence-electron chi connectivity index (χ2n) is 5.80. The fourth-order valence-electron chi connectivity index (χ4n) is 1.99. The van der Waals surface area contributed by atoms with Crippen molar-refractivity contribution < 1.29 is 23.0 Å². The molecule has 0 amide bonds. The summed E-state index contributed by atoms with van der Waals surface area (Å²) in [7, 11) is 0. The molecule has 1 rings (SSSR count). The van der Waals surface area contributed by atoms with Crippen LogP contribution in [0.3, 0.4) is 0 Å². The molecule has 0 saturated carbocycles. The Bertz CT molecular complexity index is 453. The van der Waals surface area contributed by atoms with Crippen molar-refractivity contribution in [3.63, 3.8) is 0 Å². The lowest BCUT2D eigenvalue weighted by molar-refractivity contribution is -0.0508. The van der Waals surface area contributed by atoms with E-state index in [-0.39, 0.29) is 23.8 Å². The van der Waals surface area contributed by atoms with Crippen LogP contribution in [0.15, 0.2) is 18.2 Å². The zero-order valence-electron chi connectivity index (χ0n) is 12.5. The first kappa shape index (κ1) is 17.8. The molecule has 21 heavy (non-hydrogen) atoms. The van der Waals surface area contributed by atoms with E-state index in [1.54, 1.807) is 6.92 Å². The van der Waals surface area contributed by atoms with Crippen LogP contribution in [0.5, 0.6) is 5.75 Å². The molecule has 1 atom stereocenters. The molecule has 0 aromatic heterocycles. The number of benzene rings is 1. The van der Waals surface area contributed by atoms with Crippen LogP contribution in [-0.2, 0) is 0 Å². The van der Waals surface area contributed by atoms with Crippen LogP contribution in [-0.4, -0.2) is 24.9 Å². The molecule has 0 radical (unpaired) electrons. The third kappa shape index (κ3) is 5.93. The first-order chi connectivity index (χ1) is 9.75. The summed E-state index contributed by atoms with van der Waals surface area (Å²) in [6.45, 7) is 3.44. The van der Waals surface area contributed by atoms with Crippen molar-refractivity contribution in [1.82, 2.24) is 5.32 Å². The highest BCUT2D eigenvalue weighted by molar-refractivity contribution is 5.36. The highest BCUT2D eigenvalue weighted by Gasteiger charge is 2.20. The summed E-state index contributed by atoms with van der Waals surface area (Å²) in [4.78, 5) is 0. The Labute approximate surface area is 123 Å². The zero-order valence-corrected chi connectivity index (χ0v) is 12.5. The third-order valence-corrected chi connectivity index (χ3v) is 3.33. The monoisotopic (exact) mass is 305 g/mol. The van der Waals surface area contributed by atoms with Crippen LogP contribution in [0.1, 0.15) is 38.8 Å². The summed E-state index contributed by atoms with van der Waals surface area (Å²) in [5, 5.41) is 12.2. The van der Waals surface area contributed by atoms with Gasteiger partial charge in [0.05, 0.1) is 0 Å². The van der Waals surface area contributed by atoms with Crippen LogP contribution in [0.2, 0.25) is 0 Å². The van der Waals surface area contributed by atoms with Crippen molar-refractivity contribution in [2.45, 2.75) is 39.8 Å². The van der Waals surface area contributed by atoms with E-state index in [9.17, 15) is 13.2 Å². The number of aliphatic hydroxyl groups is 1. The van der Waals surface area contributed by atoms with Gasteiger partial charge in [-0.1, -0.05) is 19.9 Å². The largest absolute Gasteiger partial charge is 0.434 e. The van der Waals surface area contributed by atoms with Gasteiger partial charge in [-0.3, -0.25) is 0 Å². The van der Waals surface area contributed by atoms with E-state index in [1.807, 2.05) is 13.8 Å². The minimum absolute atomic E-state index is 0.0827. The lowest BCUT2D eigenvalue weighted by atomic mass is 9.89. The summed E-state index contributed by atoms with van der Waals surface area (Å²) in [5.74, 6) is -0.785. The van der Waals surface area contributed by atoms with E-state index < -0.39 is 12.4 Å². The van der Waals surface area contributed by atoms with Gasteiger partial charge in [0.1, 0.15) is 11.6 Å². The molecular weight excluding hydrogens is 283 g/mol. The Kier molecular flexibility index (Phi) is 6.48. The first-order valence-corrected chi connectivity index (χ1v) is 6.83. The summed E-state index contributed by atoms with van der Waals surface area (Å²) >= 11 is 0. The lowest BCUT2D eigenvalue weighted by Crippen LogP contribution is -2.32. The van der Waals surface area contributed by atoms with Crippen molar-refractivity contribution in [2.75, 3.05) is 13.2 Å². The molecule has 0 saturated heterocycles. The topological polar surface area (TPSA) is 41.5 Å². The smallest absolute Gasteiger partial charge is 0.387 e. The number of hydrogen-bond donors (Lipinski definition) is 2. The van der Waals surface area contributed by atoms with Gasteiger partial charge in [-0.05, 0) is 24.8 Å². The quantitative estimate of drug-likeness (QED) is 0.772. The van der Waals surface area contributed by atoms with Gasteiger partial charge in [0, 0.05) is 30.8 Å². The van der Waals surface area contributed by atoms with E-state index in [4.69, 9.17) is 5.11 Å². The molecule has 1 aromatic rings. The predicted octanol–water partition coefficient (Wildman–Crippen LogP) is 3.49. The molecule has 1 unspecified atom stereocenters. The number of rotatable bonds is 8. The fraction of sp³-hybridized carbons (Fsp3) is 0.600. The maximum absolute atomic E-state index is 13.2. The van der Waals surface area contributed by atoms with Gasteiger partial charge >= 0.3 is 6.61 Å². The average molecular weight is 305 g/mol. The number of halogens is 3. The van der Waals surface area contributed by atoms with E-state index in [2.05, 4.69) is 10.1 Å². The van der Waals surface area contributed by atoms with Crippen molar-refractivity contribution in [1.29, 1.82) is 0 Å². The molecule has 1 aromatic carbocycles. The molecule has 120 valence electrons. The maximum Gasteiger partial charge on any atom is 0.387 e. The number of nitrogens with one attached hydrogen (secondary N) is 1. The molecule has 0 aliphatic heterocycles. The highest BCUT2D eigenvalue weighted by Crippen LogP contribution is 2.28. The van der Waals surface area contributed by atoms with Gasteiger partial charge in [0.2, 0.25) is 0 Å². The summed E-state index contributed by atoms with van der Waals surface area (Å²) < 4.78 is 42.3. The van der Waals surface area contributed by atoms with Crippen molar-refractivity contribution >= 4 is 0 Å². The lowest BCUT2D eigenvalue weighted by Gasteiger charge is -2.27. The predicted molar refractivity (Wildman–Crippen MR) is 74.9 cm³/mol. The second-order valence-corrected chi connectivity index (χ2v) is 5.80. The molecule has 0 bridgehead atoms. The van der Waals surface area contributed by atoms with Gasteiger partial charge in [0.15, 0.2) is 0 Å². The highest BCUT2D eigenvalue weighted by atomic mass is 19.3. The maximum atomic E-state index is 13.2. The molecule has 0 fully saturated rings. The Balaban J connectivity index is 2.79. The van der Waals surface area contributed by atoms with Crippen LogP contribution < -0.4 is 10.1 Å².